The maximum atomic E-state index is 13.8. The van der Waals surface area contributed by atoms with Crippen molar-refractivity contribution in [2.24, 2.45) is 5.92 Å². The van der Waals surface area contributed by atoms with Gasteiger partial charge >= 0.3 is 0 Å². The summed E-state index contributed by atoms with van der Waals surface area (Å²) in [4.78, 5) is 29.1. The minimum atomic E-state index is -0.265. The Bertz CT molecular complexity index is 1030. The number of halogens is 1. The van der Waals surface area contributed by atoms with Crippen LogP contribution < -0.4 is 10.1 Å². The molecule has 3 rings (SSSR count). The van der Waals surface area contributed by atoms with Crippen molar-refractivity contribution in [2.45, 2.75) is 45.9 Å². The third-order valence-corrected chi connectivity index (χ3v) is 6.46. The molecule has 1 aliphatic rings. The van der Waals surface area contributed by atoms with Gasteiger partial charge in [-0.05, 0) is 42.7 Å². The van der Waals surface area contributed by atoms with E-state index < -0.39 is 0 Å². The Kier molecular flexibility index (Phi) is 9.23. The molecule has 1 heterocycles. The topological polar surface area (TPSA) is 71.1 Å². The zero-order valence-corrected chi connectivity index (χ0v) is 21.2. The van der Waals surface area contributed by atoms with E-state index in [-0.39, 0.29) is 35.7 Å². The highest BCUT2D eigenvalue weighted by atomic mass is 19.1. The Hall–Kier alpha value is -2.97. The normalized spacial score (nSPS) is 21.9. The summed E-state index contributed by atoms with van der Waals surface area (Å²) >= 11 is 0. The fraction of sp³-hybridized carbons (Fsp3) is 0.481. The number of amides is 2. The van der Waals surface area contributed by atoms with Crippen LogP contribution in [0.15, 0.2) is 42.5 Å². The number of anilines is 1. The van der Waals surface area contributed by atoms with Crippen molar-refractivity contribution in [1.29, 1.82) is 0 Å². The molecule has 0 radical (unpaired) electrons. The fourth-order valence-corrected chi connectivity index (χ4v) is 4.26. The van der Waals surface area contributed by atoms with Gasteiger partial charge in [0.2, 0.25) is 5.91 Å². The van der Waals surface area contributed by atoms with Crippen molar-refractivity contribution in [2.75, 3.05) is 39.2 Å². The van der Waals surface area contributed by atoms with E-state index in [2.05, 4.69) is 24.1 Å². The maximum Gasteiger partial charge on any atom is 0.257 e. The van der Waals surface area contributed by atoms with Crippen LogP contribution in [0.2, 0.25) is 0 Å². The average molecular weight is 486 g/mol. The molecule has 35 heavy (non-hydrogen) atoms. The summed E-state index contributed by atoms with van der Waals surface area (Å²) in [6.07, 6.45) is 0.167. The lowest BCUT2D eigenvalue weighted by Gasteiger charge is -2.36. The van der Waals surface area contributed by atoms with E-state index >= 15 is 0 Å². The SMILES string of the molecule is CCC(=O)Nc1ccc2c(c1)OC[C@H](C)N(Cc1cccc(F)c1)C[C@@H](C)[C@H](OC)CN(C)C2=O. The molecule has 0 bridgehead atoms. The Morgan fingerprint density at radius 2 is 1.97 bits per heavy atom. The zero-order valence-electron chi connectivity index (χ0n) is 21.2. The van der Waals surface area contributed by atoms with Crippen molar-refractivity contribution < 1.29 is 23.5 Å². The quantitative estimate of drug-likeness (QED) is 0.688. The zero-order chi connectivity index (χ0) is 25.5. The summed E-state index contributed by atoms with van der Waals surface area (Å²) in [7, 11) is 3.40. The lowest BCUT2D eigenvalue weighted by molar-refractivity contribution is -0.115. The summed E-state index contributed by atoms with van der Waals surface area (Å²) in [5.41, 5.74) is 1.88. The van der Waals surface area contributed by atoms with E-state index in [0.29, 0.717) is 49.7 Å². The summed E-state index contributed by atoms with van der Waals surface area (Å²) in [5.74, 6) is -0.0347. The Morgan fingerprint density at radius 1 is 1.20 bits per heavy atom. The number of likely N-dealkylation sites (N-methyl/N-ethyl adjacent to an activating group) is 1. The van der Waals surface area contributed by atoms with Gasteiger partial charge in [0.1, 0.15) is 18.2 Å². The molecule has 2 amide bonds. The van der Waals surface area contributed by atoms with Crippen LogP contribution in [0.4, 0.5) is 10.1 Å². The maximum absolute atomic E-state index is 13.8. The Morgan fingerprint density at radius 3 is 2.66 bits per heavy atom. The lowest BCUT2D eigenvalue weighted by atomic mass is 10.0. The highest BCUT2D eigenvalue weighted by molar-refractivity contribution is 5.98. The minimum Gasteiger partial charge on any atom is -0.491 e. The van der Waals surface area contributed by atoms with Crippen molar-refractivity contribution >= 4 is 17.5 Å². The summed E-state index contributed by atoms with van der Waals surface area (Å²) < 4.78 is 25.8. The molecule has 1 N–H and O–H groups in total. The molecule has 0 spiro atoms. The minimum absolute atomic E-state index is 0.0350. The molecule has 190 valence electrons. The highest BCUT2D eigenvalue weighted by Gasteiger charge is 2.28. The van der Waals surface area contributed by atoms with Gasteiger partial charge in [-0.25, -0.2) is 4.39 Å². The smallest absolute Gasteiger partial charge is 0.257 e. The van der Waals surface area contributed by atoms with Crippen molar-refractivity contribution in [3.05, 3.63) is 59.4 Å². The van der Waals surface area contributed by atoms with Crippen LogP contribution in [0.25, 0.3) is 0 Å². The Balaban J connectivity index is 1.94. The van der Waals surface area contributed by atoms with Gasteiger partial charge in [-0.1, -0.05) is 26.0 Å². The first-order chi connectivity index (χ1) is 16.7. The monoisotopic (exact) mass is 485 g/mol. The highest BCUT2D eigenvalue weighted by Crippen LogP contribution is 2.27. The number of hydrogen-bond acceptors (Lipinski definition) is 5. The van der Waals surface area contributed by atoms with E-state index in [1.165, 1.54) is 6.07 Å². The number of benzene rings is 2. The standard InChI is InChI=1S/C27H36FN3O4/c1-6-26(32)29-22-10-11-23-24(13-22)35-17-19(3)31(15-20-8-7-9-21(28)12-20)14-18(2)25(34-5)16-30(4)27(23)33/h7-13,18-19,25H,6,14-17H2,1-5H3,(H,29,32)/t18-,19+,25-/m1/s1. The third kappa shape index (κ3) is 7.02. The van der Waals surface area contributed by atoms with Gasteiger partial charge in [0.05, 0.1) is 11.7 Å². The number of nitrogens with one attached hydrogen (secondary N) is 1. The van der Waals surface area contributed by atoms with Gasteiger partial charge < -0.3 is 19.7 Å². The molecule has 2 aromatic carbocycles. The number of carbonyl (C=O) groups is 2. The summed E-state index contributed by atoms with van der Waals surface area (Å²) in [5, 5.41) is 2.82. The number of rotatable bonds is 5. The predicted molar refractivity (Wildman–Crippen MR) is 134 cm³/mol. The second-order valence-electron chi connectivity index (χ2n) is 9.27. The first kappa shape index (κ1) is 26.6. The van der Waals surface area contributed by atoms with Crippen LogP contribution in [0, 0.1) is 11.7 Å². The van der Waals surface area contributed by atoms with Gasteiger partial charge in [0.25, 0.3) is 5.91 Å². The van der Waals surface area contributed by atoms with E-state index in [1.54, 1.807) is 56.3 Å². The molecule has 2 aromatic rings. The molecule has 0 unspecified atom stereocenters. The van der Waals surface area contributed by atoms with Crippen molar-refractivity contribution in [3.63, 3.8) is 0 Å². The summed E-state index contributed by atoms with van der Waals surface area (Å²) in [6, 6.07) is 11.7. The first-order valence-electron chi connectivity index (χ1n) is 12.0. The molecule has 8 heteroatoms. The molecular formula is C27H36FN3O4. The number of carbonyl (C=O) groups excluding carboxylic acids is 2. The van der Waals surface area contributed by atoms with Gasteiger partial charge in [0.15, 0.2) is 0 Å². The van der Waals surface area contributed by atoms with Crippen LogP contribution in [0.1, 0.15) is 43.1 Å². The average Bonchev–Trinajstić information content (AvgIpc) is 2.84. The number of methoxy groups -OCH3 is 1. The fourth-order valence-electron chi connectivity index (χ4n) is 4.26. The number of ether oxygens (including phenoxy) is 2. The number of hydrogen-bond donors (Lipinski definition) is 1. The van der Waals surface area contributed by atoms with Crippen molar-refractivity contribution in [1.82, 2.24) is 9.80 Å². The predicted octanol–water partition coefficient (Wildman–Crippen LogP) is 4.18. The van der Waals surface area contributed by atoms with Gasteiger partial charge in [-0.3, -0.25) is 14.5 Å². The van der Waals surface area contributed by atoms with Gasteiger partial charge in [-0.15, -0.1) is 0 Å². The van der Waals surface area contributed by atoms with E-state index in [9.17, 15) is 14.0 Å². The molecule has 0 saturated heterocycles. The first-order valence-corrected chi connectivity index (χ1v) is 12.0. The van der Waals surface area contributed by atoms with Crippen LogP contribution in [0.5, 0.6) is 5.75 Å². The van der Waals surface area contributed by atoms with Crippen LogP contribution in [-0.2, 0) is 16.1 Å². The molecule has 0 saturated carbocycles. The van der Waals surface area contributed by atoms with E-state index in [0.717, 1.165) is 5.56 Å². The van der Waals surface area contributed by atoms with E-state index in [4.69, 9.17) is 9.47 Å². The van der Waals surface area contributed by atoms with Crippen LogP contribution in [0.3, 0.4) is 0 Å². The van der Waals surface area contributed by atoms with Gasteiger partial charge in [0, 0.05) is 58.0 Å². The van der Waals surface area contributed by atoms with E-state index in [1.807, 2.05) is 6.07 Å². The molecule has 0 aliphatic carbocycles. The second-order valence-corrected chi connectivity index (χ2v) is 9.27. The molecule has 3 atom stereocenters. The van der Waals surface area contributed by atoms with Crippen molar-refractivity contribution in [3.8, 4) is 5.75 Å². The van der Waals surface area contributed by atoms with Crippen LogP contribution in [-0.4, -0.2) is 67.6 Å². The summed E-state index contributed by atoms with van der Waals surface area (Å²) in [6.45, 7) is 7.89. The molecular weight excluding hydrogens is 449 g/mol. The van der Waals surface area contributed by atoms with Gasteiger partial charge in [-0.2, -0.15) is 0 Å². The van der Waals surface area contributed by atoms with Crippen LogP contribution >= 0.6 is 0 Å². The lowest BCUT2D eigenvalue weighted by Crippen LogP contribution is -2.46. The Labute approximate surface area is 207 Å². The molecule has 0 aromatic heterocycles. The number of fused-ring (bicyclic) bond motifs is 1. The molecule has 7 nitrogen and oxygen atoms in total. The molecule has 1 aliphatic heterocycles. The largest absolute Gasteiger partial charge is 0.491 e. The number of nitrogens with zero attached hydrogens (tertiary/aromatic N) is 2. The third-order valence-electron chi connectivity index (χ3n) is 6.46. The second kappa shape index (κ2) is 12.1. The molecule has 0 fully saturated rings.